The van der Waals surface area contributed by atoms with Gasteiger partial charge in [0.2, 0.25) is 0 Å². The topological polar surface area (TPSA) is 211 Å². The summed E-state index contributed by atoms with van der Waals surface area (Å²) < 4.78 is 31.2. The molecule has 3 amide bonds. The van der Waals surface area contributed by atoms with Gasteiger partial charge in [0.05, 0.1) is 24.6 Å². The number of thiazole rings is 2. The number of halogens is 1. The smallest absolute Gasteiger partial charge is 0.413 e. The highest BCUT2D eigenvalue weighted by Gasteiger charge is 2.39. The number of hydrogen-bond donors (Lipinski definition) is 2. The third kappa shape index (κ3) is 20.8. The average molecular weight is 897 g/mol. The number of ether oxygens (including phenoxy) is 6. The molecule has 0 aromatic carbocycles. The Morgan fingerprint density at radius 1 is 0.661 bits per heavy atom. The summed E-state index contributed by atoms with van der Waals surface area (Å²) in [6.07, 6.45) is -2.25. The van der Waals surface area contributed by atoms with Crippen molar-refractivity contribution < 1.29 is 57.2 Å². The molecule has 20 heteroatoms. The van der Waals surface area contributed by atoms with Crippen molar-refractivity contribution in [1.82, 2.24) is 14.9 Å². The van der Waals surface area contributed by atoms with Crippen LogP contribution in [0.5, 0.6) is 0 Å². The van der Waals surface area contributed by atoms with Crippen LogP contribution in [0.4, 0.5) is 24.6 Å². The van der Waals surface area contributed by atoms with Crippen LogP contribution in [0, 0.1) is 0 Å². The molecule has 0 aliphatic carbocycles. The number of esters is 3. The minimum absolute atomic E-state index is 0. The number of aromatic nitrogens is 2. The fourth-order valence-corrected chi connectivity index (χ4v) is 5.75. The Bertz CT molecular complexity index is 1620. The van der Waals surface area contributed by atoms with E-state index in [1.165, 1.54) is 16.7 Å². The highest BCUT2D eigenvalue weighted by Crippen LogP contribution is 2.30. The summed E-state index contributed by atoms with van der Waals surface area (Å²) in [6.45, 7) is 23.5. The lowest BCUT2D eigenvalue weighted by Crippen LogP contribution is -2.46. The van der Waals surface area contributed by atoms with E-state index >= 15 is 0 Å². The zero-order valence-corrected chi connectivity index (χ0v) is 37.1. The van der Waals surface area contributed by atoms with E-state index in [-0.39, 0.29) is 24.9 Å². The Balaban J connectivity index is 0.00000122. The highest BCUT2D eigenvalue weighted by molar-refractivity contribution is 9.09. The number of nitrogens with zero attached hydrogens (tertiary/aromatic N) is 3. The molecule has 2 N–H and O–H groups in total. The third-order valence-electron chi connectivity index (χ3n) is 5.46. The van der Waals surface area contributed by atoms with Gasteiger partial charge in [-0.05, 0) is 96.9 Å². The Labute approximate surface area is 346 Å². The fourth-order valence-electron chi connectivity index (χ4n) is 3.77. The molecule has 0 aliphatic heterocycles. The van der Waals surface area contributed by atoms with Gasteiger partial charge in [-0.3, -0.25) is 25.1 Å². The van der Waals surface area contributed by atoms with Crippen LogP contribution in [0.1, 0.15) is 127 Å². The average Bonchev–Trinajstić information content (AvgIpc) is 3.63. The number of alkyl halides is 1. The molecule has 0 fully saturated rings. The molecule has 2 heterocycles. The van der Waals surface area contributed by atoms with E-state index in [1.54, 1.807) is 102 Å². The molecule has 0 radical (unpaired) electrons. The summed E-state index contributed by atoms with van der Waals surface area (Å²) in [5.41, 5.74) is -2.46. The largest absolute Gasteiger partial charge is 0.465 e. The standard InChI is InChI=1S/C23H37N3O8S.C12H17BrN2O4S.CH4/c1-11-31-17(28)16(14-13-35-18(24-14)25-19(29)33-22(5,6)7)26(20(30)34-23(8,9)10)12-15(27)32-21(2,3)4;1-5-18-9(16)8(13)7-6-20-10(14-7)15-11(17)19-12(2,3)4;/h13,16H,11-12H2,1-10H3,(H,24,25,29);6,8H,5H2,1-4H3,(H,14,15,17);1H4. The molecule has 318 valence electrons. The predicted molar refractivity (Wildman–Crippen MR) is 217 cm³/mol. The maximum absolute atomic E-state index is 13.1. The SMILES string of the molecule is C.CCOC(=O)C(Br)c1csc(NC(=O)OC(C)(C)C)n1.CCOC(=O)C(c1csc(NC(=O)OC(C)(C)C)n1)N(CC(=O)OC(C)(C)C)C(=O)OC(C)(C)C. The van der Waals surface area contributed by atoms with Crippen molar-refractivity contribution in [2.45, 2.75) is 138 Å². The summed E-state index contributed by atoms with van der Waals surface area (Å²) in [6, 6.07) is -1.43. The van der Waals surface area contributed by atoms with E-state index in [0.717, 1.165) is 16.2 Å². The van der Waals surface area contributed by atoms with Gasteiger partial charge in [-0.15, -0.1) is 22.7 Å². The number of hydrogen-bond acceptors (Lipinski definition) is 16. The molecule has 2 aromatic rings. The number of rotatable bonds is 11. The lowest BCUT2D eigenvalue weighted by Gasteiger charge is -2.31. The van der Waals surface area contributed by atoms with Crippen molar-refractivity contribution in [3.63, 3.8) is 0 Å². The van der Waals surface area contributed by atoms with Crippen LogP contribution in [-0.2, 0) is 42.8 Å². The van der Waals surface area contributed by atoms with E-state index in [0.29, 0.717) is 17.4 Å². The lowest BCUT2D eigenvalue weighted by molar-refractivity contribution is -0.159. The second-order valence-corrected chi connectivity index (χ2v) is 18.0. The van der Waals surface area contributed by atoms with E-state index in [1.807, 2.05) is 0 Å². The maximum Gasteiger partial charge on any atom is 0.413 e. The van der Waals surface area contributed by atoms with Crippen molar-refractivity contribution in [2.75, 3.05) is 30.4 Å². The molecule has 56 heavy (non-hydrogen) atoms. The first-order valence-corrected chi connectivity index (χ1v) is 19.8. The first kappa shape index (κ1) is 52.0. The Kier molecular flexibility index (Phi) is 20.5. The summed E-state index contributed by atoms with van der Waals surface area (Å²) in [7, 11) is 0. The van der Waals surface area contributed by atoms with Crippen LogP contribution in [0.2, 0.25) is 0 Å². The molecule has 17 nitrogen and oxygen atoms in total. The summed E-state index contributed by atoms with van der Waals surface area (Å²) >= 11 is 5.43. The molecule has 0 bridgehead atoms. The molecule has 2 rings (SSSR count). The quantitative estimate of drug-likeness (QED) is 0.123. The predicted octanol–water partition coefficient (Wildman–Crippen LogP) is 8.80. The minimum atomic E-state index is -1.43. The van der Waals surface area contributed by atoms with Crippen molar-refractivity contribution >= 4 is 85.1 Å². The molecule has 0 aliphatic rings. The number of amides is 3. The van der Waals surface area contributed by atoms with Gasteiger partial charge in [0, 0.05) is 10.8 Å². The summed E-state index contributed by atoms with van der Waals surface area (Å²) in [5, 5.41) is 8.64. The lowest BCUT2D eigenvalue weighted by atomic mass is 10.1. The van der Waals surface area contributed by atoms with E-state index in [2.05, 4.69) is 36.5 Å². The van der Waals surface area contributed by atoms with Gasteiger partial charge in [-0.25, -0.2) is 29.1 Å². The van der Waals surface area contributed by atoms with Gasteiger partial charge < -0.3 is 28.4 Å². The number of carbonyl (C=O) groups excluding carboxylic acids is 6. The van der Waals surface area contributed by atoms with Crippen molar-refractivity contribution in [3.8, 4) is 0 Å². The monoisotopic (exact) mass is 895 g/mol. The first-order valence-electron chi connectivity index (χ1n) is 17.1. The van der Waals surface area contributed by atoms with Crippen molar-refractivity contribution in [2.24, 2.45) is 0 Å². The van der Waals surface area contributed by atoms with Gasteiger partial charge in [-0.2, -0.15) is 0 Å². The third-order valence-corrected chi connectivity index (χ3v) is 7.86. The number of nitrogens with one attached hydrogen (secondary N) is 2. The van der Waals surface area contributed by atoms with Crippen molar-refractivity contribution in [3.05, 3.63) is 22.1 Å². The van der Waals surface area contributed by atoms with E-state index in [4.69, 9.17) is 28.4 Å². The molecule has 2 unspecified atom stereocenters. The molecular formula is C36H58BrN5O12S2. The highest BCUT2D eigenvalue weighted by atomic mass is 79.9. The second kappa shape index (κ2) is 22.0. The van der Waals surface area contributed by atoms with Gasteiger partial charge in [-0.1, -0.05) is 23.4 Å². The molecule has 0 saturated heterocycles. The normalized spacial score (nSPS) is 12.6. The minimum Gasteiger partial charge on any atom is -0.465 e. The molecule has 2 atom stereocenters. The zero-order chi connectivity index (χ0) is 42.5. The summed E-state index contributed by atoms with van der Waals surface area (Å²) in [5.74, 6) is -1.99. The van der Waals surface area contributed by atoms with Crippen molar-refractivity contribution in [1.29, 1.82) is 0 Å². The van der Waals surface area contributed by atoms with Gasteiger partial charge in [0.1, 0.15) is 28.9 Å². The van der Waals surface area contributed by atoms with Crippen LogP contribution in [0.3, 0.4) is 0 Å². The van der Waals surface area contributed by atoms with Gasteiger partial charge in [0.25, 0.3) is 0 Å². The van der Waals surface area contributed by atoms with Gasteiger partial charge in [0.15, 0.2) is 21.1 Å². The van der Waals surface area contributed by atoms with Crippen LogP contribution in [0.25, 0.3) is 0 Å². The first-order chi connectivity index (χ1) is 25.0. The Morgan fingerprint density at radius 2 is 1.05 bits per heavy atom. The molecular weight excluding hydrogens is 838 g/mol. The molecule has 0 spiro atoms. The second-order valence-electron chi connectivity index (χ2n) is 15.4. The molecule has 0 saturated carbocycles. The van der Waals surface area contributed by atoms with Crippen LogP contribution >= 0.6 is 38.6 Å². The number of anilines is 2. The summed E-state index contributed by atoms with van der Waals surface area (Å²) in [4.78, 5) is 82.6. The van der Waals surface area contributed by atoms with Crippen LogP contribution < -0.4 is 10.6 Å². The fraction of sp³-hybridized carbons (Fsp3) is 0.667. The van der Waals surface area contributed by atoms with E-state index in [9.17, 15) is 28.8 Å². The van der Waals surface area contributed by atoms with Crippen LogP contribution in [-0.4, -0.2) is 93.2 Å². The maximum atomic E-state index is 13.1. The van der Waals surface area contributed by atoms with Crippen LogP contribution in [0.15, 0.2) is 10.8 Å². The van der Waals surface area contributed by atoms with Gasteiger partial charge >= 0.3 is 36.2 Å². The van der Waals surface area contributed by atoms with E-state index < -0.39 is 76.0 Å². The zero-order valence-electron chi connectivity index (χ0n) is 33.9. The number of carbonyl (C=O) groups is 6. The Morgan fingerprint density at radius 3 is 1.46 bits per heavy atom. The molecule has 2 aromatic heterocycles. The Hall–Kier alpha value is -4.04.